The molecule has 0 radical (unpaired) electrons. The predicted molar refractivity (Wildman–Crippen MR) is 144 cm³/mol. The minimum atomic E-state index is -1.09. The molecular weight excluding hydrogens is 516 g/mol. The van der Waals surface area contributed by atoms with Gasteiger partial charge in [-0.2, -0.15) is 0 Å². The van der Waals surface area contributed by atoms with Gasteiger partial charge in [0.1, 0.15) is 17.5 Å². The summed E-state index contributed by atoms with van der Waals surface area (Å²) in [4.78, 5) is 40.7. The Morgan fingerprint density at radius 1 is 0.973 bits per heavy atom. The number of nitrogens with zero attached hydrogens (tertiary/aromatic N) is 2. The number of hydrogen-bond acceptors (Lipinski definition) is 6. The molecular formula is C26H23ClN4O5S. The minimum absolute atomic E-state index is 0.0193. The van der Waals surface area contributed by atoms with E-state index < -0.39 is 23.8 Å². The van der Waals surface area contributed by atoms with E-state index >= 15 is 0 Å². The Hall–Kier alpha value is -4.15. The van der Waals surface area contributed by atoms with Gasteiger partial charge in [-0.15, -0.1) is 0 Å². The van der Waals surface area contributed by atoms with Crippen LogP contribution in [0.3, 0.4) is 0 Å². The van der Waals surface area contributed by atoms with Crippen molar-refractivity contribution in [3.05, 3.63) is 83.4 Å². The van der Waals surface area contributed by atoms with E-state index in [1.807, 2.05) is 0 Å². The SMILES string of the molecule is COc1ccc(NC(=O)CC2C(=O)N(c3ccc(Cl)cc3)C(=S)N2NC(=O)c2cccc(OC)c2)cc1. The summed E-state index contributed by atoms with van der Waals surface area (Å²) in [5.41, 5.74) is 3.96. The van der Waals surface area contributed by atoms with Crippen molar-refractivity contribution in [2.75, 3.05) is 24.4 Å². The lowest BCUT2D eigenvalue weighted by Gasteiger charge is -2.24. The topological polar surface area (TPSA) is 100 Å². The molecule has 4 rings (SSSR count). The van der Waals surface area contributed by atoms with Gasteiger partial charge < -0.3 is 14.8 Å². The fourth-order valence-electron chi connectivity index (χ4n) is 3.73. The summed E-state index contributed by atoms with van der Waals surface area (Å²) in [6.07, 6.45) is -0.270. The first kappa shape index (κ1) is 25.9. The van der Waals surface area contributed by atoms with Gasteiger partial charge in [0.15, 0.2) is 0 Å². The maximum absolute atomic E-state index is 13.5. The van der Waals surface area contributed by atoms with Gasteiger partial charge in [0, 0.05) is 16.3 Å². The molecule has 190 valence electrons. The highest BCUT2D eigenvalue weighted by Crippen LogP contribution is 2.28. The van der Waals surface area contributed by atoms with E-state index in [-0.39, 0.29) is 11.5 Å². The highest BCUT2D eigenvalue weighted by molar-refractivity contribution is 7.80. The van der Waals surface area contributed by atoms with Crippen molar-refractivity contribution >= 4 is 58.0 Å². The zero-order valence-electron chi connectivity index (χ0n) is 19.9. The second-order valence-electron chi connectivity index (χ2n) is 7.97. The molecule has 11 heteroatoms. The normalized spacial score (nSPS) is 14.9. The van der Waals surface area contributed by atoms with Crippen LogP contribution >= 0.6 is 23.8 Å². The first-order valence-corrected chi connectivity index (χ1v) is 11.9. The molecule has 0 aliphatic carbocycles. The number of nitrogens with one attached hydrogen (secondary N) is 2. The second kappa shape index (κ2) is 11.3. The fraction of sp³-hybridized carbons (Fsp3) is 0.154. The number of carbonyl (C=O) groups is 3. The molecule has 1 unspecified atom stereocenters. The molecule has 0 bridgehead atoms. The Balaban J connectivity index is 1.59. The summed E-state index contributed by atoms with van der Waals surface area (Å²) in [6, 6.07) is 18.7. The van der Waals surface area contributed by atoms with Gasteiger partial charge in [-0.1, -0.05) is 17.7 Å². The Kier molecular flexibility index (Phi) is 7.90. The molecule has 3 amide bonds. The van der Waals surface area contributed by atoms with Gasteiger partial charge in [-0.3, -0.25) is 24.7 Å². The first-order valence-electron chi connectivity index (χ1n) is 11.1. The number of anilines is 2. The molecule has 1 atom stereocenters. The van der Waals surface area contributed by atoms with Crippen molar-refractivity contribution < 1.29 is 23.9 Å². The van der Waals surface area contributed by atoms with Gasteiger partial charge in [0.05, 0.1) is 26.3 Å². The van der Waals surface area contributed by atoms with Crippen LogP contribution in [0.2, 0.25) is 5.02 Å². The number of ether oxygens (including phenoxy) is 2. The van der Waals surface area contributed by atoms with Gasteiger partial charge in [0.25, 0.3) is 11.8 Å². The smallest absolute Gasteiger partial charge is 0.270 e. The summed E-state index contributed by atoms with van der Waals surface area (Å²) in [7, 11) is 3.04. The average Bonchev–Trinajstić information content (AvgIpc) is 3.13. The monoisotopic (exact) mass is 538 g/mol. The van der Waals surface area contributed by atoms with E-state index in [2.05, 4.69) is 10.7 Å². The first-order chi connectivity index (χ1) is 17.8. The molecule has 0 aromatic heterocycles. The van der Waals surface area contributed by atoms with Crippen LogP contribution in [0, 0.1) is 0 Å². The van der Waals surface area contributed by atoms with E-state index in [0.29, 0.717) is 33.5 Å². The van der Waals surface area contributed by atoms with Crippen molar-refractivity contribution in [3.8, 4) is 11.5 Å². The molecule has 0 saturated carbocycles. The number of amides is 3. The lowest BCUT2D eigenvalue weighted by Crippen LogP contribution is -2.49. The third kappa shape index (κ3) is 5.82. The van der Waals surface area contributed by atoms with Crippen LogP contribution in [0.25, 0.3) is 0 Å². The number of thiocarbonyl (C=S) groups is 1. The Labute approximate surface area is 223 Å². The average molecular weight is 539 g/mol. The lowest BCUT2D eigenvalue weighted by molar-refractivity contribution is -0.124. The molecule has 1 saturated heterocycles. The van der Waals surface area contributed by atoms with E-state index in [1.165, 1.54) is 17.0 Å². The minimum Gasteiger partial charge on any atom is -0.497 e. The van der Waals surface area contributed by atoms with E-state index in [0.717, 1.165) is 0 Å². The van der Waals surface area contributed by atoms with Crippen molar-refractivity contribution in [1.82, 2.24) is 10.4 Å². The van der Waals surface area contributed by atoms with E-state index in [4.69, 9.17) is 33.3 Å². The van der Waals surface area contributed by atoms with Crippen LogP contribution < -0.4 is 25.1 Å². The molecule has 1 fully saturated rings. The number of methoxy groups -OCH3 is 2. The zero-order chi connectivity index (χ0) is 26.5. The van der Waals surface area contributed by atoms with Crippen LogP contribution in [-0.4, -0.2) is 48.1 Å². The third-order valence-corrected chi connectivity index (χ3v) is 6.24. The number of benzene rings is 3. The largest absolute Gasteiger partial charge is 0.497 e. The van der Waals surface area contributed by atoms with Crippen molar-refractivity contribution in [1.29, 1.82) is 0 Å². The van der Waals surface area contributed by atoms with E-state index in [9.17, 15) is 14.4 Å². The third-order valence-electron chi connectivity index (χ3n) is 5.61. The van der Waals surface area contributed by atoms with Crippen LogP contribution in [0.15, 0.2) is 72.8 Å². The molecule has 0 spiro atoms. The molecule has 1 aliphatic heterocycles. The van der Waals surface area contributed by atoms with Gasteiger partial charge in [0.2, 0.25) is 11.0 Å². The summed E-state index contributed by atoms with van der Waals surface area (Å²) >= 11 is 11.6. The number of rotatable bonds is 8. The van der Waals surface area contributed by atoms with Gasteiger partial charge in [-0.05, 0) is 78.9 Å². The molecule has 37 heavy (non-hydrogen) atoms. The highest BCUT2D eigenvalue weighted by Gasteiger charge is 2.45. The van der Waals surface area contributed by atoms with Crippen LogP contribution in [-0.2, 0) is 9.59 Å². The number of carbonyl (C=O) groups excluding carboxylic acids is 3. The highest BCUT2D eigenvalue weighted by atomic mass is 35.5. The zero-order valence-corrected chi connectivity index (χ0v) is 21.5. The van der Waals surface area contributed by atoms with Crippen LogP contribution in [0.4, 0.5) is 11.4 Å². The van der Waals surface area contributed by atoms with Gasteiger partial charge in [-0.25, -0.2) is 5.01 Å². The number of hydrogen-bond donors (Lipinski definition) is 2. The standard InChI is InChI=1S/C26H23ClN4O5S/c1-35-20-12-8-18(9-13-20)28-23(32)15-22-25(34)30(19-10-6-17(27)7-11-19)26(37)31(22)29-24(33)16-4-3-5-21(14-16)36-2/h3-14,22H,15H2,1-2H3,(H,28,32)(H,29,33). The van der Waals surface area contributed by atoms with Crippen molar-refractivity contribution in [2.45, 2.75) is 12.5 Å². The van der Waals surface area contributed by atoms with Crippen LogP contribution in [0.5, 0.6) is 11.5 Å². The second-order valence-corrected chi connectivity index (χ2v) is 8.77. The van der Waals surface area contributed by atoms with E-state index in [1.54, 1.807) is 79.9 Å². The van der Waals surface area contributed by atoms with Crippen molar-refractivity contribution in [3.63, 3.8) is 0 Å². The van der Waals surface area contributed by atoms with Crippen molar-refractivity contribution in [2.24, 2.45) is 0 Å². The summed E-state index contributed by atoms with van der Waals surface area (Å²) < 4.78 is 10.3. The predicted octanol–water partition coefficient (Wildman–Crippen LogP) is 4.03. The quantitative estimate of drug-likeness (QED) is 0.418. The molecule has 3 aromatic rings. The fourth-order valence-corrected chi connectivity index (χ4v) is 4.22. The molecule has 1 aliphatic rings. The number of halogens is 1. The maximum atomic E-state index is 13.5. The Morgan fingerprint density at radius 3 is 2.30 bits per heavy atom. The summed E-state index contributed by atoms with van der Waals surface area (Å²) in [5, 5.41) is 4.50. The molecule has 2 N–H and O–H groups in total. The summed E-state index contributed by atoms with van der Waals surface area (Å²) in [5.74, 6) is -0.300. The van der Waals surface area contributed by atoms with Gasteiger partial charge >= 0.3 is 0 Å². The molecule has 1 heterocycles. The maximum Gasteiger partial charge on any atom is 0.270 e. The Morgan fingerprint density at radius 2 is 1.65 bits per heavy atom. The van der Waals surface area contributed by atoms with Crippen LogP contribution in [0.1, 0.15) is 16.8 Å². The Bertz CT molecular complexity index is 1330. The molecule has 9 nitrogen and oxygen atoms in total. The lowest BCUT2D eigenvalue weighted by atomic mass is 10.1. The number of hydrazine groups is 1. The molecule has 3 aromatic carbocycles. The summed E-state index contributed by atoms with van der Waals surface area (Å²) in [6.45, 7) is 0.